The van der Waals surface area contributed by atoms with Gasteiger partial charge in [0.25, 0.3) is 5.91 Å². The highest BCUT2D eigenvalue weighted by Gasteiger charge is 2.33. The predicted octanol–water partition coefficient (Wildman–Crippen LogP) is 2.22. The van der Waals surface area contributed by atoms with Crippen molar-refractivity contribution in [2.75, 3.05) is 31.9 Å². The Balaban J connectivity index is 1.43. The SMILES string of the molecule is CCOCC(=O)N1CCC[C@@H]1c1nnc(C(=O)Nc2ccc3c(c2)OCO3)s1. The standard InChI is InChI=1S/C18H20N4O5S/c1-2-25-9-15(23)22-7-3-4-12(22)17-20-21-18(28-17)16(24)19-11-5-6-13-14(8-11)27-10-26-13/h5-6,8,12H,2-4,7,9-10H2,1H3,(H,19,24)/t12-/m1/s1. The second-order valence-corrected chi connectivity index (χ2v) is 7.36. The van der Waals surface area contributed by atoms with E-state index in [2.05, 4.69) is 15.5 Å². The third-order valence-electron chi connectivity index (χ3n) is 4.55. The summed E-state index contributed by atoms with van der Waals surface area (Å²) in [7, 11) is 0. The number of carbonyl (C=O) groups excluding carboxylic acids is 2. The molecule has 28 heavy (non-hydrogen) atoms. The molecule has 2 amide bonds. The topological polar surface area (TPSA) is 103 Å². The van der Waals surface area contributed by atoms with E-state index in [1.807, 2.05) is 6.92 Å². The lowest BCUT2D eigenvalue weighted by Gasteiger charge is -2.22. The number of nitrogens with one attached hydrogen (secondary N) is 1. The summed E-state index contributed by atoms with van der Waals surface area (Å²) in [6, 6.07) is 5.02. The highest BCUT2D eigenvalue weighted by Crippen LogP contribution is 2.35. The third-order valence-corrected chi connectivity index (χ3v) is 5.58. The van der Waals surface area contributed by atoms with E-state index in [-0.39, 0.29) is 36.3 Å². The number of fused-ring (bicyclic) bond motifs is 1. The van der Waals surface area contributed by atoms with Gasteiger partial charge in [0.1, 0.15) is 11.6 Å². The average molecular weight is 404 g/mol. The normalized spacial score (nSPS) is 17.8. The first-order valence-corrected chi connectivity index (χ1v) is 9.89. The summed E-state index contributed by atoms with van der Waals surface area (Å²) in [4.78, 5) is 26.6. The van der Waals surface area contributed by atoms with E-state index in [4.69, 9.17) is 14.2 Å². The number of likely N-dealkylation sites (tertiary alicyclic amines) is 1. The summed E-state index contributed by atoms with van der Waals surface area (Å²) in [5.41, 5.74) is 0.584. The molecule has 2 aromatic rings. The Morgan fingerprint density at radius 2 is 2.18 bits per heavy atom. The van der Waals surface area contributed by atoms with Crippen LogP contribution in [0.2, 0.25) is 0 Å². The van der Waals surface area contributed by atoms with Crippen molar-refractivity contribution in [3.05, 3.63) is 28.2 Å². The van der Waals surface area contributed by atoms with Gasteiger partial charge in [-0.15, -0.1) is 10.2 Å². The Kier molecular flexibility index (Phi) is 5.40. The summed E-state index contributed by atoms with van der Waals surface area (Å²) >= 11 is 1.20. The van der Waals surface area contributed by atoms with E-state index in [9.17, 15) is 9.59 Å². The maximum Gasteiger partial charge on any atom is 0.286 e. The molecule has 0 aliphatic carbocycles. The average Bonchev–Trinajstić information content (AvgIpc) is 3.45. The van der Waals surface area contributed by atoms with Gasteiger partial charge < -0.3 is 24.4 Å². The van der Waals surface area contributed by atoms with Crippen LogP contribution in [0.3, 0.4) is 0 Å². The van der Waals surface area contributed by atoms with Crippen molar-refractivity contribution in [3.8, 4) is 11.5 Å². The van der Waals surface area contributed by atoms with E-state index >= 15 is 0 Å². The van der Waals surface area contributed by atoms with Crippen LogP contribution in [-0.4, -0.2) is 53.5 Å². The predicted molar refractivity (Wildman–Crippen MR) is 101 cm³/mol. The van der Waals surface area contributed by atoms with Crippen molar-refractivity contribution in [2.45, 2.75) is 25.8 Å². The Morgan fingerprint density at radius 3 is 3.04 bits per heavy atom. The molecule has 0 unspecified atom stereocenters. The molecule has 1 atom stereocenters. The lowest BCUT2D eigenvalue weighted by atomic mass is 10.2. The van der Waals surface area contributed by atoms with Crippen LogP contribution in [0.25, 0.3) is 0 Å². The fraction of sp³-hybridized carbons (Fsp3) is 0.444. The number of amides is 2. The van der Waals surface area contributed by atoms with Gasteiger partial charge in [0.05, 0.1) is 6.04 Å². The molecule has 4 rings (SSSR count). The van der Waals surface area contributed by atoms with Gasteiger partial charge in [-0.05, 0) is 31.9 Å². The first-order valence-electron chi connectivity index (χ1n) is 9.07. The minimum Gasteiger partial charge on any atom is -0.454 e. The van der Waals surface area contributed by atoms with Gasteiger partial charge >= 0.3 is 0 Å². The molecule has 1 saturated heterocycles. The number of aromatic nitrogens is 2. The highest BCUT2D eigenvalue weighted by atomic mass is 32.1. The van der Waals surface area contributed by atoms with Crippen molar-refractivity contribution in [3.63, 3.8) is 0 Å². The number of hydrogen-bond donors (Lipinski definition) is 1. The Labute approximate surface area is 165 Å². The minimum absolute atomic E-state index is 0.0588. The molecule has 0 bridgehead atoms. The molecule has 10 heteroatoms. The number of nitrogens with zero attached hydrogens (tertiary/aromatic N) is 3. The zero-order valence-electron chi connectivity index (χ0n) is 15.3. The van der Waals surface area contributed by atoms with E-state index in [1.54, 1.807) is 23.1 Å². The second-order valence-electron chi connectivity index (χ2n) is 6.35. The quantitative estimate of drug-likeness (QED) is 0.787. The largest absolute Gasteiger partial charge is 0.454 e. The van der Waals surface area contributed by atoms with Crippen LogP contribution in [-0.2, 0) is 9.53 Å². The molecular formula is C18H20N4O5S. The van der Waals surface area contributed by atoms with Gasteiger partial charge in [0.2, 0.25) is 17.7 Å². The molecule has 0 radical (unpaired) electrons. The Morgan fingerprint density at radius 1 is 1.32 bits per heavy atom. The smallest absolute Gasteiger partial charge is 0.286 e. The number of benzene rings is 1. The second kappa shape index (κ2) is 8.11. The Hall–Kier alpha value is -2.72. The van der Waals surface area contributed by atoms with Crippen molar-refractivity contribution in [2.24, 2.45) is 0 Å². The van der Waals surface area contributed by atoms with E-state index in [0.29, 0.717) is 35.3 Å². The van der Waals surface area contributed by atoms with Crippen molar-refractivity contribution in [1.29, 1.82) is 0 Å². The van der Waals surface area contributed by atoms with Gasteiger partial charge in [-0.25, -0.2) is 0 Å². The third kappa shape index (κ3) is 3.78. The van der Waals surface area contributed by atoms with Crippen molar-refractivity contribution < 1.29 is 23.8 Å². The lowest BCUT2D eigenvalue weighted by Crippen LogP contribution is -2.33. The zero-order valence-corrected chi connectivity index (χ0v) is 16.2. The highest BCUT2D eigenvalue weighted by molar-refractivity contribution is 7.13. The molecule has 0 saturated carbocycles. The summed E-state index contributed by atoms with van der Waals surface area (Å²) in [5, 5.41) is 11.9. The van der Waals surface area contributed by atoms with Crippen molar-refractivity contribution in [1.82, 2.24) is 15.1 Å². The van der Waals surface area contributed by atoms with E-state index in [1.165, 1.54) is 11.3 Å². The van der Waals surface area contributed by atoms with E-state index in [0.717, 1.165) is 12.8 Å². The molecule has 9 nitrogen and oxygen atoms in total. The number of anilines is 1. The fourth-order valence-corrected chi connectivity index (χ4v) is 4.10. The first-order chi connectivity index (χ1) is 13.7. The van der Waals surface area contributed by atoms with Crippen LogP contribution in [0.4, 0.5) is 5.69 Å². The molecule has 3 heterocycles. The molecule has 1 aromatic heterocycles. The van der Waals surface area contributed by atoms with Gasteiger partial charge in [-0.2, -0.15) is 0 Å². The minimum atomic E-state index is -0.354. The maximum atomic E-state index is 12.5. The van der Waals surface area contributed by atoms with Gasteiger partial charge in [-0.1, -0.05) is 11.3 Å². The van der Waals surface area contributed by atoms with Gasteiger partial charge in [-0.3, -0.25) is 9.59 Å². The van der Waals surface area contributed by atoms with Crippen molar-refractivity contribution >= 4 is 28.8 Å². The molecule has 1 N–H and O–H groups in total. The maximum absolute atomic E-state index is 12.5. The van der Waals surface area contributed by atoms with Crippen LogP contribution in [0.1, 0.15) is 40.6 Å². The van der Waals surface area contributed by atoms with Crippen LogP contribution >= 0.6 is 11.3 Å². The van der Waals surface area contributed by atoms with Crippen LogP contribution in [0.15, 0.2) is 18.2 Å². The molecule has 1 fully saturated rings. The molecule has 1 aromatic carbocycles. The molecule has 2 aliphatic heterocycles. The van der Waals surface area contributed by atoms with Crippen LogP contribution in [0, 0.1) is 0 Å². The summed E-state index contributed by atoms with van der Waals surface area (Å²) < 4.78 is 15.8. The zero-order chi connectivity index (χ0) is 19.5. The summed E-state index contributed by atoms with van der Waals surface area (Å²) in [6.07, 6.45) is 1.69. The molecular weight excluding hydrogens is 384 g/mol. The first kappa shape index (κ1) is 18.6. The van der Waals surface area contributed by atoms with Crippen LogP contribution < -0.4 is 14.8 Å². The number of ether oxygens (including phenoxy) is 3. The van der Waals surface area contributed by atoms with E-state index < -0.39 is 0 Å². The monoisotopic (exact) mass is 404 g/mol. The summed E-state index contributed by atoms with van der Waals surface area (Å²) in [6.45, 7) is 3.24. The number of carbonyl (C=O) groups is 2. The number of hydrogen-bond acceptors (Lipinski definition) is 8. The number of rotatable bonds is 6. The summed E-state index contributed by atoms with van der Waals surface area (Å²) in [5.74, 6) is 0.818. The van der Waals surface area contributed by atoms with Gasteiger partial charge in [0, 0.05) is 24.9 Å². The molecule has 148 valence electrons. The van der Waals surface area contributed by atoms with Crippen LogP contribution in [0.5, 0.6) is 11.5 Å². The van der Waals surface area contributed by atoms with Gasteiger partial charge in [0.15, 0.2) is 11.5 Å². The molecule has 0 spiro atoms. The Bertz CT molecular complexity index is 887. The lowest BCUT2D eigenvalue weighted by molar-refractivity contribution is -0.136. The molecule has 2 aliphatic rings. The fourth-order valence-electron chi connectivity index (χ4n) is 3.21.